The minimum atomic E-state index is -1.61. The lowest BCUT2D eigenvalue weighted by Crippen LogP contribution is -2.46. The molecule has 1 N–H and O–H groups in total. The molecule has 4 heteroatoms. The zero-order valence-electron chi connectivity index (χ0n) is 11.6. The highest BCUT2D eigenvalue weighted by molar-refractivity contribution is 6.92. The summed E-state index contributed by atoms with van der Waals surface area (Å²) in [7, 11) is -3.07. The van der Waals surface area contributed by atoms with E-state index in [0.29, 0.717) is 5.56 Å². The highest BCUT2D eigenvalue weighted by atomic mass is 28.3. The third-order valence-electron chi connectivity index (χ3n) is 2.95. The van der Waals surface area contributed by atoms with Gasteiger partial charge in [-0.15, -0.1) is 0 Å². The molecule has 0 aromatic heterocycles. The molecule has 0 saturated heterocycles. The number of phenols is 1. The predicted octanol–water partition coefficient (Wildman–Crippen LogP) is 2.30. The van der Waals surface area contributed by atoms with E-state index in [1.165, 1.54) is 5.19 Å². The summed E-state index contributed by atoms with van der Waals surface area (Å²) in [6, 6.07) is 3.93. The number of phenolic OH excluding ortho intramolecular Hbond substituents is 1. The maximum Gasteiger partial charge on any atom is 0.153 e. The number of aldehydes is 1. The van der Waals surface area contributed by atoms with Crippen LogP contribution in [-0.2, 0) is 0 Å². The van der Waals surface area contributed by atoms with Crippen LogP contribution >= 0.6 is 0 Å². The zero-order chi connectivity index (χ0) is 13.4. The van der Waals surface area contributed by atoms with Gasteiger partial charge < -0.3 is 5.11 Å². The van der Waals surface area contributed by atoms with Crippen LogP contribution < -0.4 is 10.4 Å². The molecule has 0 amide bonds. The molecule has 1 aromatic rings. The molecular formula is C13H22O2Si2. The first kappa shape index (κ1) is 14.2. The minimum absolute atomic E-state index is 0.150. The van der Waals surface area contributed by atoms with Gasteiger partial charge in [0.2, 0.25) is 0 Å². The van der Waals surface area contributed by atoms with E-state index in [1.54, 1.807) is 6.07 Å². The number of hydrogen-bond acceptors (Lipinski definition) is 2. The molecule has 0 bridgehead atoms. The van der Waals surface area contributed by atoms with Crippen molar-refractivity contribution in [2.75, 3.05) is 0 Å². The third-order valence-corrected chi connectivity index (χ3v) is 7.00. The monoisotopic (exact) mass is 266 g/mol. The largest absolute Gasteiger partial charge is 0.507 e. The number of carbonyl (C=O) groups excluding carboxylic acids is 1. The average Bonchev–Trinajstić information content (AvgIpc) is 2.13. The maximum absolute atomic E-state index is 11.1. The molecule has 2 nitrogen and oxygen atoms in total. The van der Waals surface area contributed by atoms with Crippen LogP contribution in [0, 0.1) is 0 Å². The SMILES string of the molecule is C[Si](C)(C)c1cc(O)c(C=O)c([Si](C)(C)C)c1. The van der Waals surface area contributed by atoms with Crippen molar-refractivity contribution in [3.05, 3.63) is 17.7 Å². The average molecular weight is 266 g/mol. The number of benzene rings is 1. The molecule has 0 unspecified atom stereocenters. The summed E-state index contributed by atoms with van der Waals surface area (Å²) in [6.07, 6.45) is 0.789. The summed E-state index contributed by atoms with van der Waals surface area (Å²) in [5, 5.41) is 12.3. The van der Waals surface area contributed by atoms with E-state index < -0.39 is 16.1 Å². The topological polar surface area (TPSA) is 37.3 Å². The predicted molar refractivity (Wildman–Crippen MR) is 79.5 cm³/mol. The van der Waals surface area contributed by atoms with E-state index in [0.717, 1.165) is 11.5 Å². The lowest BCUT2D eigenvalue weighted by atomic mass is 10.2. The molecule has 0 atom stereocenters. The van der Waals surface area contributed by atoms with Crippen molar-refractivity contribution < 1.29 is 9.90 Å². The Kier molecular flexibility index (Phi) is 3.69. The van der Waals surface area contributed by atoms with E-state index in [9.17, 15) is 9.90 Å². The number of rotatable bonds is 3. The van der Waals surface area contributed by atoms with E-state index in [2.05, 4.69) is 45.3 Å². The Bertz CT molecular complexity index is 440. The molecule has 0 heterocycles. The second-order valence-electron chi connectivity index (χ2n) is 6.57. The molecule has 0 saturated carbocycles. The van der Waals surface area contributed by atoms with Crippen molar-refractivity contribution in [2.45, 2.75) is 39.3 Å². The van der Waals surface area contributed by atoms with Gasteiger partial charge in [-0.2, -0.15) is 0 Å². The summed E-state index contributed by atoms with van der Waals surface area (Å²) in [6.45, 7) is 13.3. The first-order chi connectivity index (χ1) is 7.57. The third kappa shape index (κ3) is 3.07. The Balaban J connectivity index is 3.56. The van der Waals surface area contributed by atoms with Gasteiger partial charge in [0.15, 0.2) is 6.29 Å². The summed E-state index contributed by atoms with van der Waals surface area (Å²) >= 11 is 0. The van der Waals surface area contributed by atoms with Gasteiger partial charge in [-0.3, -0.25) is 4.79 Å². The van der Waals surface area contributed by atoms with Gasteiger partial charge in [-0.05, 0) is 11.3 Å². The second-order valence-corrected chi connectivity index (χ2v) is 16.7. The van der Waals surface area contributed by atoms with E-state index in [1.807, 2.05) is 0 Å². The fourth-order valence-electron chi connectivity index (χ4n) is 1.82. The molecule has 0 radical (unpaired) electrons. The molecule has 0 aliphatic rings. The Labute approximate surface area is 106 Å². The summed E-state index contributed by atoms with van der Waals surface area (Å²) in [4.78, 5) is 11.1. The van der Waals surface area contributed by atoms with Crippen molar-refractivity contribution in [1.29, 1.82) is 0 Å². The normalized spacial score (nSPS) is 12.6. The fraction of sp³-hybridized carbons (Fsp3) is 0.462. The zero-order valence-corrected chi connectivity index (χ0v) is 13.6. The molecule has 94 valence electrons. The lowest BCUT2D eigenvalue weighted by molar-refractivity contribution is 0.112. The van der Waals surface area contributed by atoms with Crippen molar-refractivity contribution >= 4 is 32.8 Å². The minimum Gasteiger partial charge on any atom is -0.507 e. The highest BCUT2D eigenvalue weighted by Crippen LogP contribution is 2.17. The number of carbonyl (C=O) groups is 1. The van der Waals surface area contributed by atoms with Crippen molar-refractivity contribution in [2.24, 2.45) is 0 Å². The van der Waals surface area contributed by atoms with Crippen molar-refractivity contribution in [1.82, 2.24) is 0 Å². The number of aromatic hydroxyl groups is 1. The van der Waals surface area contributed by atoms with Crippen LogP contribution in [0.1, 0.15) is 10.4 Å². The van der Waals surface area contributed by atoms with Crippen LogP contribution in [0.4, 0.5) is 0 Å². The van der Waals surface area contributed by atoms with Crippen molar-refractivity contribution in [3.8, 4) is 5.75 Å². The van der Waals surface area contributed by atoms with Gasteiger partial charge in [0.05, 0.1) is 21.7 Å². The summed E-state index contributed by atoms with van der Waals surface area (Å²) in [5.41, 5.74) is 0.492. The van der Waals surface area contributed by atoms with Gasteiger partial charge >= 0.3 is 0 Å². The smallest absolute Gasteiger partial charge is 0.153 e. The standard InChI is InChI=1S/C13H22O2Si2/c1-16(2,3)10-7-12(15)11(9-14)13(8-10)17(4,5)6/h7-9,15H,1-6H3. The van der Waals surface area contributed by atoms with Crippen LogP contribution in [0.15, 0.2) is 12.1 Å². The van der Waals surface area contributed by atoms with Gasteiger partial charge in [0, 0.05) is 0 Å². The van der Waals surface area contributed by atoms with Gasteiger partial charge in [0.1, 0.15) is 5.75 Å². The summed E-state index contributed by atoms with van der Waals surface area (Å²) < 4.78 is 0. The quantitative estimate of drug-likeness (QED) is 0.673. The van der Waals surface area contributed by atoms with Gasteiger partial charge in [-0.25, -0.2) is 0 Å². The van der Waals surface area contributed by atoms with Gasteiger partial charge in [0.25, 0.3) is 0 Å². The Hall–Kier alpha value is -0.876. The molecule has 1 rings (SSSR count). The van der Waals surface area contributed by atoms with E-state index >= 15 is 0 Å². The molecule has 0 aliphatic carbocycles. The maximum atomic E-state index is 11.1. The molecular weight excluding hydrogens is 244 g/mol. The van der Waals surface area contributed by atoms with Crippen LogP contribution in [-0.4, -0.2) is 27.5 Å². The van der Waals surface area contributed by atoms with Crippen LogP contribution in [0.5, 0.6) is 5.75 Å². The highest BCUT2D eigenvalue weighted by Gasteiger charge is 2.26. The lowest BCUT2D eigenvalue weighted by Gasteiger charge is -2.24. The van der Waals surface area contributed by atoms with Crippen LogP contribution in [0.2, 0.25) is 39.3 Å². The Morgan fingerprint density at radius 1 is 1.00 bits per heavy atom. The van der Waals surface area contributed by atoms with Crippen LogP contribution in [0.25, 0.3) is 0 Å². The molecule has 17 heavy (non-hydrogen) atoms. The molecule has 1 aromatic carbocycles. The second kappa shape index (κ2) is 4.42. The van der Waals surface area contributed by atoms with E-state index in [-0.39, 0.29) is 5.75 Å². The number of hydrogen-bond donors (Lipinski definition) is 1. The van der Waals surface area contributed by atoms with Crippen molar-refractivity contribution in [3.63, 3.8) is 0 Å². The fourth-order valence-corrected chi connectivity index (χ4v) is 4.69. The molecule has 0 fully saturated rings. The van der Waals surface area contributed by atoms with Gasteiger partial charge in [-0.1, -0.05) is 50.5 Å². The Morgan fingerprint density at radius 2 is 1.53 bits per heavy atom. The van der Waals surface area contributed by atoms with Crippen LogP contribution in [0.3, 0.4) is 0 Å². The first-order valence-corrected chi connectivity index (χ1v) is 12.9. The Morgan fingerprint density at radius 3 is 1.88 bits per heavy atom. The molecule has 0 spiro atoms. The summed E-state index contributed by atoms with van der Waals surface area (Å²) in [5.74, 6) is 0.150. The first-order valence-electron chi connectivity index (χ1n) is 5.90. The van der Waals surface area contributed by atoms with E-state index in [4.69, 9.17) is 0 Å². The molecule has 0 aliphatic heterocycles.